The van der Waals surface area contributed by atoms with Crippen LogP contribution < -0.4 is 10.1 Å². The van der Waals surface area contributed by atoms with Crippen molar-refractivity contribution in [2.75, 3.05) is 26.7 Å². The number of hydrogen-bond donors (Lipinski definition) is 2. The number of phenols is 1. The van der Waals surface area contributed by atoms with E-state index in [4.69, 9.17) is 4.74 Å². The number of nitrogens with zero attached hydrogens (tertiary/aromatic N) is 1. The van der Waals surface area contributed by atoms with Crippen molar-refractivity contribution in [3.05, 3.63) is 64.7 Å². The molecule has 0 bridgehead atoms. The largest absolute Gasteiger partial charge is 0.507 e. The van der Waals surface area contributed by atoms with Gasteiger partial charge in [-0.05, 0) is 90.6 Å². The Morgan fingerprint density at radius 1 is 1.03 bits per heavy atom. The van der Waals surface area contributed by atoms with Gasteiger partial charge in [0, 0.05) is 30.3 Å². The number of rotatable bonds is 8. The van der Waals surface area contributed by atoms with Crippen LogP contribution in [-0.4, -0.2) is 42.7 Å². The van der Waals surface area contributed by atoms with E-state index in [2.05, 4.69) is 63.9 Å². The van der Waals surface area contributed by atoms with Crippen molar-refractivity contribution in [2.24, 2.45) is 5.92 Å². The Morgan fingerprint density at radius 2 is 1.59 bits per heavy atom. The summed E-state index contributed by atoms with van der Waals surface area (Å²) in [5.74, 6) is 1.83. The second kappa shape index (κ2) is 12.2. The van der Waals surface area contributed by atoms with E-state index >= 15 is 0 Å². The van der Waals surface area contributed by atoms with Gasteiger partial charge in [0.05, 0.1) is 7.11 Å². The predicted octanol–water partition coefficient (Wildman–Crippen LogP) is 6.43. The normalized spacial score (nSPS) is 15.8. The fraction of sp³-hybridized carbons (Fsp3) is 0.531. The van der Waals surface area contributed by atoms with Gasteiger partial charge < -0.3 is 15.2 Å². The smallest absolute Gasteiger partial charge is 0.243 e. The molecule has 0 unspecified atom stereocenters. The lowest BCUT2D eigenvalue weighted by atomic mass is 9.78. The van der Waals surface area contributed by atoms with Gasteiger partial charge in [-0.3, -0.25) is 9.69 Å². The van der Waals surface area contributed by atoms with Gasteiger partial charge in [0.25, 0.3) is 0 Å². The fourth-order valence-electron chi connectivity index (χ4n) is 4.95. The molecule has 1 fully saturated rings. The maximum Gasteiger partial charge on any atom is 0.243 e. The first kappa shape index (κ1) is 28.8. The van der Waals surface area contributed by atoms with Crippen molar-refractivity contribution < 1.29 is 14.6 Å². The summed E-state index contributed by atoms with van der Waals surface area (Å²) in [6.45, 7) is 16.4. The van der Waals surface area contributed by atoms with E-state index in [1.54, 1.807) is 13.2 Å². The molecule has 2 N–H and O–H groups in total. The van der Waals surface area contributed by atoms with Crippen molar-refractivity contribution in [2.45, 2.75) is 78.2 Å². The average Bonchev–Trinajstić information content (AvgIpc) is 2.83. The number of likely N-dealkylation sites (tertiary alicyclic amines) is 1. The lowest BCUT2D eigenvalue weighted by Gasteiger charge is -2.32. The second-order valence-electron chi connectivity index (χ2n) is 12.4. The molecule has 0 aliphatic carbocycles. The maximum absolute atomic E-state index is 12.5. The summed E-state index contributed by atoms with van der Waals surface area (Å²) in [5.41, 5.74) is 3.67. The van der Waals surface area contributed by atoms with Crippen LogP contribution in [0.2, 0.25) is 0 Å². The molecule has 1 heterocycles. The Balaban J connectivity index is 1.47. The molecule has 37 heavy (non-hydrogen) atoms. The Labute approximate surface area is 223 Å². The third-order valence-electron chi connectivity index (χ3n) is 7.30. The topological polar surface area (TPSA) is 61.8 Å². The molecule has 0 spiro atoms. The first-order valence-electron chi connectivity index (χ1n) is 13.6. The van der Waals surface area contributed by atoms with Crippen molar-refractivity contribution in [3.63, 3.8) is 0 Å². The molecule has 0 radical (unpaired) electrons. The van der Waals surface area contributed by atoms with Gasteiger partial charge >= 0.3 is 0 Å². The highest BCUT2D eigenvalue weighted by Gasteiger charge is 2.26. The Kier molecular flexibility index (Phi) is 9.46. The van der Waals surface area contributed by atoms with Crippen LogP contribution in [0.15, 0.2) is 42.5 Å². The number of phenolic OH excluding ortho intramolecular Hbond substituents is 1. The molecule has 3 rings (SSSR count). The summed E-state index contributed by atoms with van der Waals surface area (Å²) < 4.78 is 5.25. The van der Waals surface area contributed by atoms with Gasteiger partial charge in [0.2, 0.25) is 5.91 Å². The molecule has 0 saturated carbocycles. The number of piperidine rings is 1. The quantitative estimate of drug-likeness (QED) is 0.405. The van der Waals surface area contributed by atoms with Crippen LogP contribution in [0.25, 0.3) is 6.08 Å². The maximum atomic E-state index is 12.5. The zero-order valence-electron chi connectivity index (χ0n) is 23.9. The first-order chi connectivity index (χ1) is 17.4. The molecule has 2 aromatic carbocycles. The molecule has 0 atom stereocenters. The van der Waals surface area contributed by atoms with Crippen molar-refractivity contribution in [1.29, 1.82) is 0 Å². The number of hydrogen-bond acceptors (Lipinski definition) is 4. The monoisotopic (exact) mass is 506 g/mol. The number of carbonyl (C=O) groups excluding carboxylic acids is 1. The number of amides is 1. The van der Waals surface area contributed by atoms with Gasteiger partial charge in [0.1, 0.15) is 11.5 Å². The van der Waals surface area contributed by atoms with Crippen LogP contribution in [0.4, 0.5) is 0 Å². The summed E-state index contributed by atoms with van der Waals surface area (Å²) >= 11 is 0. The van der Waals surface area contributed by atoms with E-state index in [-0.39, 0.29) is 16.7 Å². The lowest BCUT2D eigenvalue weighted by Crippen LogP contribution is -2.34. The molecular weight excluding hydrogens is 460 g/mol. The first-order valence-corrected chi connectivity index (χ1v) is 13.6. The number of methoxy groups -OCH3 is 1. The standard InChI is InChI=1S/C32H46N2O3/c1-31(2,3)27-20-25(21-28(30(27)36)32(4,5)6)10-13-29(35)33-17-14-23-15-18-34(19-16-23)22-24-8-11-26(37-7)12-9-24/h8-13,20-21,23,36H,14-19,22H2,1-7H3,(H,33,35)/b13-10+. The molecule has 1 aliphatic rings. The lowest BCUT2D eigenvalue weighted by molar-refractivity contribution is -0.116. The highest BCUT2D eigenvalue weighted by Crippen LogP contribution is 2.40. The van der Waals surface area contributed by atoms with E-state index in [1.165, 1.54) is 18.4 Å². The highest BCUT2D eigenvalue weighted by atomic mass is 16.5. The highest BCUT2D eigenvalue weighted by molar-refractivity contribution is 5.91. The van der Waals surface area contributed by atoms with Crippen molar-refractivity contribution in [3.8, 4) is 11.5 Å². The Hall–Kier alpha value is -2.79. The van der Waals surface area contributed by atoms with E-state index in [1.807, 2.05) is 30.3 Å². The number of aromatic hydroxyl groups is 1. The minimum atomic E-state index is -0.194. The van der Waals surface area contributed by atoms with Crippen LogP contribution in [0, 0.1) is 5.92 Å². The van der Waals surface area contributed by atoms with Crippen molar-refractivity contribution in [1.82, 2.24) is 10.2 Å². The van der Waals surface area contributed by atoms with E-state index in [0.717, 1.165) is 48.5 Å². The molecule has 1 saturated heterocycles. The molecule has 2 aromatic rings. The van der Waals surface area contributed by atoms with E-state index in [0.29, 0.717) is 18.2 Å². The fourth-order valence-corrected chi connectivity index (χ4v) is 4.95. The van der Waals surface area contributed by atoms with Gasteiger partial charge in [0.15, 0.2) is 0 Å². The van der Waals surface area contributed by atoms with Gasteiger partial charge in [-0.25, -0.2) is 0 Å². The molecular formula is C32H46N2O3. The van der Waals surface area contributed by atoms with Gasteiger partial charge in [-0.15, -0.1) is 0 Å². The van der Waals surface area contributed by atoms with E-state index < -0.39 is 0 Å². The Bertz CT molecular complexity index is 1030. The molecule has 1 aliphatic heterocycles. The predicted molar refractivity (Wildman–Crippen MR) is 153 cm³/mol. The van der Waals surface area contributed by atoms with Crippen LogP contribution in [0.3, 0.4) is 0 Å². The Morgan fingerprint density at radius 3 is 2.11 bits per heavy atom. The van der Waals surface area contributed by atoms with Crippen LogP contribution >= 0.6 is 0 Å². The molecule has 5 heteroatoms. The second-order valence-corrected chi connectivity index (χ2v) is 12.4. The van der Waals surface area contributed by atoms with Crippen LogP contribution in [0.1, 0.15) is 83.1 Å². The van der Waals surface area contributed by atoms with Gasteiger partial charge in [-0.2, -0.15) is 0 Å². The summed E-state index contributed by atoms with van der Waals surface area (Å²) in [6, 6.07) is 12.3. The summed E-state index contributed by atoms with van der Waals surface area (Å²) in [7, 11) is 1.69. The average molecular weight is 507 g/mol. The zero-order chi connectivity index (χ0) is 27.2. The summed E-state index contributed by atoms with van der Waals surface area (Å²) in [6.07, 6.45) is 6.82. The van der Waals surface area contributed by atoms with Crippen LogP contribution in [0.5, 0.6) is 11.5 Å². The minimum absolute atomic E-state index is 0.0698. The SMILES string of the molecule is COc1ccc(CN2CCC(CCNC(=O)/C=C/c3cc(C(C)(C)C)c(O)c(C(C)(C)C)c3)CC2)cc1. The number of nitrogens with one attached hydrogen (secondary N) is 1. The van der Waals surface area contributed by atoms with E-state index in [9.17, 15) is 9.90 Å². The number of ether oxygens (including phenoxy) is 1. The summed E-state index contributed by atoms with van der Waals surface area (Å²) in [5, 5.41) is 14.0. The van der Waals surface area contributed by atoms with Crippen molar-refractivity contribution >= 4 is 12.0 Å². The van der Waals surface area contributed by atoms with Gasteiger partial charge in [-0.1, -0.05) is 53.7 Å². The molecule has 0 aromatic heterocycles. The number of benzene rings is 2. The molecule has 5 nitrogen and oxygen atoms in total. The third-order valence-corrected chi connectivity index (χ3v) is 7.30. The minimum Gasteiger partial charge on any atom is -0.507 e. The zero-order valence-corrected chi connectivity index (χ0v) is 23.9. The summed E-state index contributed by atoms with van der Waals surface area (Å²) in [4.78, 5) is 15.0. The molecule has 202 valence electrons. The number of carbonyl (C=O) groups is 1. The van der Waals surface area contributed by atoms with Crippen LogP contribution in [-0.2, 0) is 22.2 Å². The third kappa shape index (κ3) is 8.36. The molecule has 1 amide bonds.